The minimum Gasteiger partial charge on any atom is -0.457 e. The largest absolute Gasteiger partial charge is 0.457 e. The number of benzene rings is 7. The summed E-state index contributed by atoms with van der Waals surface area (Å²) < 4.78 is 6.68. The maximum atomic E-state index is 6.68. The Balaban J connectivity index is 1.19. The second kappa shape index (κ2) is 11.9. The topological polar surface area (TPSA) is 47.9 Å². The molecular weight excluding hydrogens is 659 g/mol. The van der Waals surface area contributed by atoms with Crippen molar-refractivity contribution >= 4 is 10.9 Å². The number of aromatic nitrogens is 3. The van der Waals surface area contributed by atoms with Crippen molar-refractivity contribution in [2.24, 2.45) is 0 Å². The normalized spacial score (nSPS) is 13.1. The fourth-order valence-electron chi connectivity index (χ4n) is 8.63. The first-order valence-electron chi connectivity index (χ1n) is 18.3. The average molecular weight is 690 g/mol. The summed E-state index contributed by atoms with van der Waals surface area (Å²) in [5.74, 6) is 2.41. The Bertz CT molecular complexity index is 2810. The van der Waals surface area contributed by atoms with Crippen LogP contribution in [-0.4, -0.2) is 15.0 Å². The number of hydrogen-bond donors (Lipinski definition) is 0. The van der Waals surface area contributed by atoms with E-state index in [0.717, 1.165) is 72.7 Å². The zero-order valence-electron chi connectivity index (χ0n) is 29.1. The van der Waals surface area contributed by atoms with E-state index < -0.39 is 5.41 Å². The van der Waals surface area contributed by atoms with E-state index in [1.807, 2.05) is 36.5 Å². The van der Waals surface area contributed by atoms with Gasteiger partial charge in [0.2, 0.25) is 0 Å². The van der Waals surface area contributed by atoms with Crippen LogP contribution < -0.4 is 4.74 Å². The van der Waals surface area contributed by atoms with Crippen LogP contribution in [0.25, 0.3) is 67.1 Å². The summed E-state index contributed by atoms with van der Waals surface area (Å²) in [6.45, 7) is 0. The maximum Gasteiger partial charge on any atom is 0.160 e. The molecule has 3 heterocycles. The molecule has 252 valence electrons. The first kappa shape index (κ1) is 30.5. The Hall–Kier alpha value is -7.17. The Labute approximate surface area is 313 Å². The van der Waals surface area contributed by atoms with E-state index in [0.29, 0.717) is 5.82 Å². The Morgan fingerprint density at radius 1 is 0.389 bits per heavy atom. The van der Waals surface area contributed by atoms with Crippen molar-refractivity contribution in [1.82, 2.24) is 15.0 Å². The summed E-state index contributed by atoms with van der Waals surface area (Å²) in [5, 5.41) is 1.12. The van der Waals surface area contributed by atoms with Gasteiger partial charge in [0.15, 0.2) is 5.82 Å². The lowest BCUT2D eigenvalue weighted by Gasteiger charge is -2.39. The Morgan fingerprint density at radius 3 is 1.67 bits per heavy atom. The Morgan fingerprint density at radius 2 is 0.963 bits per heavy atom. The highest BCUT2D eigenvalue weighted by molar-refractivity contribution is 5.96. The van der Waals surface area contributed by atoms with Crippen molar-refractivity contribution in [3.05, 3.63) is 210 Å². The lowest BCUT2D eigenvalue weighted by atomic mass is 9.65. The van der Waals surface area contributed by atoms with Gasteiger partial charge < -0.3 is 4.74 Å². The van der Waals surface area contributed by atoms with E-state index in [9.17, 15) is 0 Å². The standard InChI is InChI=1S/C50H31N3O/c1-3-13-32(14-4-1)44-31-45(53-49(52-44)34-15-5-2-6-16-34)36-25-27-39-38-26-24-35(37-19-11-17-33-18-12-28-51-48(33)37)29-42(38)50(43(39)30-36)40-20-7-9-22-46(40)54-47-23-10-8-21-41(47)50/h1-31H. The third kappa shape index (κ3) is 4.53. The SMILES string of the molecule is c1ccc(-c2cc(-c3ccc4c(c3)C3(c5ccccc5Oc5ccccc53)c3cc(-c5cccc6cccnc56)ccc3-4)nc(-c3ccccc3)n2)cc1. The molecule has 11 rings (SSSR count). The number of ether oxygens (including phenoxy) is 1. The van der Waals surface area contributed by atoms with Crippen LogP contribution in [0.5, 0.6) is 11.5 Å². The van der Waals surface area contributed by atoms with Gasteiger partial charge in [-0.2, -0.15) is 0 Å². The molecule has 0 bridgehead atoms. The minimum atomic E-state index is -0.655. The predicted octanol–water partition coefficient (Wildman–Crippen LogP) is 12.2. The molecule has 0 unspecified atom stereocenters. The summed E-state index contributed by atoms with van der Waals surface area (Å²) >= 11 is 0. The molecule has 0 atom stereocenters. The van der Waals surface area contributed by atoms with E-state index in [2.05, 4.69) is 152 Å². The molecule has 54 heavy (non-hydrogen) atoms. The third-order valence-corrected chi connectivity index (χ3v) is 11.0. The Kier molecular flexibility index (Phi) is 6.73. The monoisotopic (exact) mass is 689 g/mol. The highest BCUT2D eigenvalue weighted by Crippen LogP contribution is 2.62. The minimum absolute atomic E-state index is 0.655. The van der Waals surface area contributed by atoms with Crippen molar-refractivity contribution in [1.29, 1.82) is 0 Å². The molecule has 0 radical (unpaired) electrons. The van der Waals surface area contributed by atoms with Crippen LogP contribution in [0.2, 0.25) is 0 Å². The highest BCUT2D eigenvalue weighted by Gasteiger charge is 2.51. The van der Waals surface area contributed by atoms with Gasteiger partial charge in [0.05, 0.1) is 22.3 Å². The zero-order valence-corrected chi connectivity index (χ0v) is 29.1. The molecule has 7 aromatic carbocycles. The van der Waals surface area contributed by atoms with Crippen LogP contribution in [0.15, 0.2) is 188 Å². The molecular formula is C50H31N3O. The number of hydrogen-bond acceptors (Lipinski definition) is 4. The summed E-state index contributed by atoms with van der Waals surface area (Å²) in [4.78, 5) is 15.1. The lowest BCUT2D eigenvalue weighted by molar-refractivity contribution is 0.436. The third-order valence-electron chi connectivity index (χ3n) is 11.0. The molecule has 2 aliphatic rings. The number of nitrogens with zero attached hydrogens (tertiary/aromatic N) is 3. The molecule has 0 fully saturated rings. The van der Waals surface area contributed by atoms with Crippen LogP contribution in [0.3, 0.4) is 0 Å². The molecule has 0 saturated heterocycles. The lowest BCUT2D eigenvalue weighted by Crippen LogP contribution is -2.32. The number of fused-ring (bicyclic) bond motifs is 10. The summed E-state index contributed by atoms with van der Waals surface area (Å²) in [6, 6.07) is 64.1. The van der Waals surface area contributed by atoms with E-state index in [-0.39, 0.29) is 0 Å². The van der Waals surface area contributed by atoms with E-state index in [1.54, 1.807) is 0 Å². The van der Waals surface area contributed by atoms with Crippen LogP contribution in [0.4, 0.5) is 0 Å². The maximum absolute atomic E-state index is 6.68. The summed E-state index contributed by atoms with van der Waals surface area (Å²) in [6.07, 6.45) is 1.88. The van der Waals surface area contributed by atoms with E-state index >= 15 is 0 Å². The van der Waals surface area contributed by atoms with Gasteiger partial charge in [-0.25, -0.2) is 9.97 Å². The molecule has 0 amide bonds. The van der Waals surface area contributed by atoms with Crippen LogP contribution in [0, 0.1) is 0 Å². The van der Waals surface area contributed by atoms with E-state index in [4.69, 9.17) is 19.7 Å². The first-order chi connectivity index (χ1) is 26.8. The van der Waals surface area contributed by atoms with Gasteiger partial charge >= 0.3 is 0 Å². The molecule has 4 heteroatoms. The summed E-state index contributed by atoms with van der Waals surface area (Å²) in [5.41, 5.74) is 14.4. The number of rotatable bonds is 4. The van der Waals surface area contributed by atoms with Crippen LogP contribution in [-0.2, 0) is 5.41 Å². The molecule has 2 aromatic heterocycles. The van der Waals surface area contributed by atoms with Crippen molar-refractivity contribution in [3.8, 4) is 67.7 Å². The number of pyridine rings is 1. The van der Waals surface area contributed by atoms with Crippen molar-refractivity contribution in [3.63, 3.8) is 0 Å². The van der Waals surface area contributed by atoms with Crippen molar-refractivity contribution < 1.29 is 4.74 Å². The molecule has 0 saturated carbocycles. The van der Waals surface area contributed by atoms with Gasteiger partial charge in [-0.15, -0.1) is 0 Å². The molecule has 1 spiro atoms. The molecule has 9 aromatic rings. The van der Waals surface area contributed by atoms with Gasteiger partial charge in [-0.1, -0.05) is 146 Å². The summed E-state index contributed by atoms with van der Waals surface area (Å²) in [7, 11) is 0. The smallest absolute Gasteiger partial charge is 0.160 e. The van der Waals surface area contributed by atoms with Gasteiger partial charge in [0.25, 0.3) is 0 Å². The van der Waals surface area contributed by atoms with Gasteiger partial charge in [0, 0.05) is 45.0 Å². The van der Waals surface area contributed by atoms with Crippen molar-refractivity contribution in [2.45, 2.75) is 5.41 Å². The van der Waals surface area contributed by atoms with Crippen molar-refractivity contribution in [2.75, 3.05) is 0 Å². The number of para-hydroxylation sites is 3. The second-order valence-electron chi connectivity index (χ2n) is 13.9. The zero-order chi connectivity index (χ0) is 35.6. The fraction of sp³-hybridized carbons (Fsp3) is 0.0200. The van der Waals surface area contributed by atoms with Gasteiger partial charge in [0.1, 0.15) is 11.5 Å². The molecule has 1 aliphatic heterocycles. The fourth-order valence-corrected chi connectivity index (χ4v) is 8.63. The van der Waals surface area contributed by atoms with Gasteiger partial charge in [-0.3, -0.25) is 4.98 Å². The van der Waals surface area contributed by atoms with Gasteiger partial charge in [-0.05, 0) is 64.2 Å². The van der Waals surface area contributed by atoms with Crippen LogP contribution >= 0.6 is 0 Å². The highest BCUT2D eigenvalue weighted by atomic mass is 16.5. The molecule has 0 N–H and O–H groups in total. The van der Waals surface area contributed by atoms with E-state index in [1.165, 1.54) is 22.3 Å². The predicted molar refractivity (Wildman–Crippen MR) is 216 cm³/mol. The average Bonchev–Trinajstić information content (AvgIpc) is 3.53. The van der Waals surface area contributed by atoms with Crippen LogP contribution in [0.1, 0.15) is 22.3 Å². The molecule has 4 nitrogen and oxygen atoms in total. The first-order valence-corrected chi connectivity index (χ1v) is 18.3. The molecule has 1 aliphatic carbocycles. The second-order valence-corrected chi connectivity index (χ2v) is 13.9. The quantitative estimate of drug-likeness (QED) is 0.185.